The predicted molar refractivity (Wildman–Crippen MR) is 215 cm³/mol. The highest BCUT2D eigenvalue weighted by atomic mass is 15.1. The Morgan fingerprint density at radius 2 is 1.57 bits per heavy atom. The maximum absolute atomic E-state index is 2.58. The first-order valence-electron chi connectivity index (χ1n) is 19.3. The summed E-state index contributed by atoms with van der Waals surface area (Å²) in [6.45, 7) is 2.37. The van der Waals surface area contributed by atoms with Crippen LogP contribution in [-0.4, -0.2) is 0 Å². The fourth-order valence-electron chi connectivity index (χ4n) is 10.3. The third-order valence-corrected chi connectivity index (χ3v) is 12.7. The fourth-order valence-corrected chi connectivity index (χ4v) is 10.3. The molecule has 0 amide bonds. The van der Waals surface area contributed by atoms with Crippen LogP contribution in [0.5, 0.6) is 0 Å². The molecule has 1 nitrogen and oxygen atoms in total. The maximum Gasteiger partial charge on any atom is 0.0535 e. The first kappa shape index (κ1) is 30.7. The Labute approximate surface area is 303 Å². The zero-order chi connectivity index (χ0) is 33.9. The van der Waals surface area contributed by atoms with E-state index in [1.807, 2.05) is 0 Å². The lowest BCUT2D eigenvalue weighted by Crippen LogP contribution is -2.34. The Bertz CT molecular complexity index is 2250. The van der Waals surface area contributed by atoms with Crippen molar-refractivity contribution in [3.63, 3.8) is 0 Å². The van der Waals surface area contributed by atoms with Gasteiger partial charge in [0.2, 0.25) is 0 Å². The zero-order valence-electron chi connectivity index (χ0n) is 29.6. The molecule has 250 valence electrons. The quantitative estimate of drug-likeness (QED) is 0.263. The maximum atomic E-state index is 2.58. The van der Waals surface area contributed by atoms with E-state index in [0.717, 1.165) is 44.9 Å². The van der Waals surface area contributed by atoms with Crippen molar-refractivity contribution in [2.24, 2.45) is 11.8 Å². The van der Waals surface area contributed by atoms with Crippen LogP contribution in [0.2, 0.25) is 0 Å². The third-order valence-electron chi connectivity index (χ3n) is 12.7. The van der Waals surface area contributed by atoms with Crippen LogP contribution in [0.4, 0.5) is 11.4 Å². The highest BCUT2D eigenvalue weighted by molar-refractivity contribution is 5.88. The van der Waals surface area contributed by atoms with Crippen molar-refractivity contribution in [3.05, 3.63) is 202 Å². The van der Waals surface area contributed by atoms with Crippen LogP contribution in [0.15, 0.2) is 174 Å². The first-order chi connectivity index (χ1) is 25.2. The van der Waals surface area contributed by atoms with E-state index in [2.05, 4.69) is 164 Å². The summed E-state index contributed by atoms with van der Waals surface area (Å²) >= 11 is 0. The molecule has 3 aromatic rings. The molecule has 4 atom stereocenters. The van der Waals surface area contributed by atoms with Crippen molar-refractivity contribution in [3.8, 4) is 0 Å². The monoisotopic (exact) mass is 659 g/mol. The Balaban J connectivity index is 1.15. The van der Waals surface area contributed by atoms with E-state index in [1.165, 1.54) is 67.2 Å². The summed E-state index contributed by atoms with van der Waals surface area (Å²) in [5.74, 6) is 1.29. The van der Waals surface area contributed by atoms with Gasteiger partial charge in [-0.3, -0.25) is 0 Å². The molecule has 4 unspecified atom stereocenters. The number of anilines is 2. The average Bonchev–Trinajstić information content (AvgIpc) is 3.66. The van der Waals surface area contributed by atoms with Gasteiger partial charge in [0.15, 0.2) is 0 Å². The normalized spacial score (nSPS) is 26.6. The van der Waals surface area contributed by atoms with E-state index in [-0.39, 0.29) is 5.41 Å². The molecule has 0 aromatic heterocycles. The van der Waals surface area contributed by atoms with Crippen molar-refractivity contribution in [2.45, 2.75) is 63.2 Å². The van der Waals surface area contributed by atoms with Crippen LogP contribution in [-0.2, 0) is 5.41 Å². The number of rotatable bonds is 5. The second kappa shape index (κ2) is 12.3. The van der Waals surface area contributed by atoms with Crippen LogP contribution in [0, 0.1) is 11.8 Å². The molecule has 0 N–H and O–H groups in total. The van der Waals surface area contributed by atoms with Gasteiger partial charge in [-0.2, -0.15) is 0 Å². The van der Waals surface area contributed by atoms with Crippen molar-refractivity contribution in [1.29, 1.82) is 0 Å². The van der Waals surface area contributed by atoms with Crippen molar-refractivity contribution in [1.82, 2.24) is 0 Å². The second-order valence-corrected chi connectivity index (χ2v) is 15.3. The van der Waals surface area contributed by atoms with E-state index < -0.39 is 0 Å². The Morgan fingerprint density at radius 1 is 0.706 bits per heavy atom. The van der Waals surface area contributed by atoms with E-state index in [9.17, 15) is 0 Å². The van der Waals surface area contributed by atoms with Crippen LogP contribution < -0.4 is 4.90 Å². The van der Waals surface area contributed by atoms with Crippen LogP contribution >= 0.6 is 0 Å². The minimum absolute atomic E-state index is 0.194. The molecule has 0 bridgehead atoms. The van der Waals surface area contributed by atoms with Gasteiger partial charge in [-0.25, -0.2) is 0 Å². The summed E-state index contributed by atoms with van der Waals surface area (Å²) in [4.78, 5) is 2.56. The summed E-state index contributed by atoms with van der Waals surface area (Å²) < 4.78 is 0. The molecular formula is C50H45N. The van der Waals surface area contributed by atoms with Crippen LogP contribution in [0.1, 0.15) is 85.6 Å². The molecule has 0 saturated heterocycles. The summed E-state index contributed by atoms with van der Waals surface area (Å²) in [6, 6.07) is 26.1. The molecule has 0 radical (unpaired) electrons. The summed E-state index contributed by atoms with van der Waals surface area (Å²) in [7, 11) is 0. The molecule has 0 aliphatic heterocycles. The van der Waals surface area contributed by atoms with E-state index >= 15 is 0 Å². The van der Waals surface area contributed by atoms with E-state index in [0.29, 0.717) is 17.8 Å². The second-order valence-electron chi connectivity index (χ2n) is 15.3. The van der Waals surface area contributed by atoms with Gasteiger partial charge >= 0.3 is 0 Å². The zero-order valence-corrected chi connectivity index (χ0v) is 29.6. The molecule has 1 spiro atoms. The minimum Gasteiger partial charge on any atom is -0.314 e. The number of fused-ring (bicyclic) bond motifs is 9. The standard InChI is InChI=1S/C50H45N/c1-34-13-5-6-16-41(34)37-25-29-39(30-26-37)51(38-27-23-36(24-28-38)35-14-3-2-4-15-35)40-31-32-45-44-19-9-12-22-48(44)50(49(45)33-40)46-20-10-7-17-42(46)43-18-8-11-21-47(43)50/h3,5-7,9-12,14-17,19-25,27-29,31-34,44,48H,2,4,8,13,18,26,30H2,1H3. The van der Waals surface area contributed by atoms with Crippen LogP contribution in [0.3, 0.4) is 0 Å². The van der Waals surface area contributed by atoms with Gasteiger partial charge in [-0.15, -0.1) is 0 Å². The van der Waals surface area contributed by atoms with Gasteiger partial charge in [-0.05, 0) is 137 Å². The molecule has 1 heteroatoms. The SMILES string of the molecule is CC1CC=CC=C1C1=CC=C(N(c2ccc(C3=CCCC=C3)cc2)c2ccc3c(c2)C2(C4=C(CCC=C4)c4ccccc42)C2C=CC=CC32)CC1. The van der Waals surface area contributed by atoms with Gasteiger partial charge in [0, 0.05) is 28.9 Å². The largest absolute Gasteiger partial charge is 0.314 e. The molecule has 0 fully saturated rings. The van der Waals surface area contributed by atoms with Gasteiger partial charge < -0.3 is 4.90 Å². The highest BCUT2D eigenvalue weighted by Gasteiger charge is 2.57. The molecule has 10 rings (SSSR count). The van der Waals surface area contributed by atoms with E-state index in [1.54, 1.807) is 5.57 Å². The molecule has 7 aliphatic rings. The lowest BCUT2D eigenvalue weighted by Gasteiger charge is -2.38. The molecule has 51 heavy (non-hydrogen) atoms. The minimum atomic E-state index is -0.194. The van der Waals surface area contributed by atoms with Crippen molar-refractivity contribution in [2.75, 3.05) is 4.90 Å². The number of nitrogens with zero attached hydrogens (tertiary/aromatic N) is 1. The van der Waals surface area contributed by atoms with Gasteiger partial charge in [0.1, 0.15) is 0 Å². The van der Waals surface area contributed by atoms with E-state index in [4.69, 9.17) is 0 Å². The van der Waals surface area contributed by atoms with Gasteiger partial charge in [0.25, 0.3) is 0 Å². The topological polar surface area (TPSA) is 3.24 Å². The summed E-state index contributed by atoms with van der Waals surface area (Å²) in [5.41, 5.74) is 18.3. The Hall–Kier alpha value is -5.14. The van der Waals surface area contributed by atoms with Gasteiger partial charge in [-0.1, -0.05) is 128 Å². The highest BCUT2D eigenvalue weighted by Crippen LogP contribution is 2.66. The Kier molecular flexibility index (Phi) is 7.38. The van der Waals surface area contributed by atoms with Crippen LogP contribution in [0.25, 0.3) is 11.1 Å². The first-order valence-corrected chi connectivity index (χ1v) is 19.3. The van der Waals surface area contributed by atoms with Crippen molar-refractivity contribution >= 4 is 22.5 Å². The van der Waals surface area contributed by atoms with Crippen molar-refractivity contribution < 1.29 is 0 Å². The molecule has 0 saturated carbocycles. The average molecular weight is 660 g/mol. The molecule has 3 aromatic carbocycles. The Morgan fingerprint density at radius 3 is 2.41 bits per heavy atom. The number of allylic oxidation sites excluding steroid dienone is 20. The summed E-state index contributed by atoms with van der Waals surface area (Å²) in [5, 5.41) is 0. The van der Waals surface area contributed by atoms with Gasteiger partial charge in [0.05, 0.1) is 5.41 Å². The predicted octanol–water partition coefficient (Wildman–Crippen LogP) is 12.9. The third kappa shape index (κ3) is 4.74. The number of benzene rings is 3. The fraction of sp³-hybridized carbons (Fsp3) is 0.240. The smallest absolute Gasteiger partial charge is 0.0535 e. The molecular weight excluding hydrogens is 615 g/mol. The lowest BCUT2D eigenvalue weighted by atomic mass is 9.64. The molecule has 7 aliphatic carbocycles. The summed E-state index contributed by atoms with van der Waals surface area (Å²) in [6.07, 6.45) is 40.8. The lowest BCUT2D eigenvalue weighted by molar-refractivity contribution is 0.462. The molecule has 0 heterocycles. The number of hydrogen-bond acceptors (Lipinski definition) is 1. The number of hydrogen-bond donors (Lipinski definition) is 0.